The minimum atomic E-state index is -0.289. The minimum absolute atomic E-state index is 0.0599. The third-order valence-electron chi connectivity index (χ3n) is 3.38. The molecule has 0 aliphatic carbocycles. The fourth-order valence-electron chi connectivity index (χ4n) is 2.03. The van der Waals surface area contributed by atoms with Gasteiger partial charge in [0.1, 0.15) is 5.75 Å². The van der Waals surface area contributed by atoms with E-state index >= 15 is 0 Å². The van der Waals surface area contributed by atoms with Crippen molar-refractivity contribution in [2.75, 3.05) is 18.4 Å². The van der Waals surface area contributed by atoms with Crippen LogP contribution in [0.15, 0.2) is 24.3 Å². The zero-order valence-corrected chi connectivity index (χ0v) is 9.99. The van der Waals surface area contributed by atoms with Crippen LogP contribution in [0.1, 0.15) is 19.8 Å². The molecule has 0 saturated carbocycles. The lowest BCUT2D eigenvalue weighted by molar-refractivity contribution is -0.126. The van der Waals surface area contributed by atoms with Crippen LogP contribution in [0.2, 0.25) is 0 Å². The van der Waals surface area contributed by atoms with Crippen molar-refractivity contribution in [2.45, 2.75) is 19.8 Å². The number of anilines is 1. The van der Waals surface area contributed by atoms with Gasteiger partial charge in [-0.2, -0.15) is 0 Å². The van der Waals surface area contributed by atoms with Crippen LogP contribution in [0.5, 0.6) is 5.75 Å². The number of hydrogen-bond acceptors (Lipinski definition) is 3. The largest absolute Gasteiger partial charge is 0.508 e. The molecule has 17 heavy (non-hydrogen) atoms. The molecular formula is C13H18N2O2. The average Bonchev–Trinajstić information content (AvgIpc) is 2.33. The van der Waals surface area contributed by atoms with Crippen molar-refractivity contribution in [3.8, 4) is 5.75 Å². The summed E-state index contributed by atoms with van der Waals surface area (Å²) in [4.78, 5) is 12.2. The summed E-state index contributed by atoms with van der Waals surface area (Å²) in [6, 6.07) is 6.55. The van der Waals surface area contributed by atoms with Gasteiger partial charge >= 0.3 is 0 Å². The molecule has 1 aliphatic heterocycles. The Hall–Kier alpha value is -1.55. The number of carbonyl (C=O) groups is 1. The molecule has 0 spiro atoms. The van der Waals surface area contributed by atoms with Gasteiger partial charge in [0.05, 0.1) is 0 Å². The smallest absolute Gasteiger partial charge is 0.230 e. The van der Waals surface area contributed by atoms with Crippen LogP contribution in [-0.2, 0) is 4.79 Å². The number of phenolic OH excluding ortho intramolecular Hbond substituents is 1. The van der Waals surface area contributed by atoms with Gasteiger partial charge in [-0.1, -0.05) is 6.92 Å². The highest BCUT2D eigenvalue weighted by Crippen LogP contribution is 2.29. The highest BCUT2D eigenvalue weighted by atomic mass is 16.3. The lowest BCUT2D eigenvalue weighted by atomic mass is 9.80. The zero-order chi connectivity index (χ0) is 12.3. The summed E-state index contributed by atoms with van der Waals surface area (Å²) < 4.78 is 0. The SMILES string of the molecule is CC1(C(=O)Nc2ccc(O)cc2)CCNCC1. The molecule has 0 radical (unpaired) electrons. The van der Waals surface area contributed by atoms with Gasteiger partial charge in [-0.3, -0.25) is 4.79 Å². The van der Waals surface area contributed by atoms with Gasteiger partial charge in [-0.15, -0.1) is 0 Å². The second kappa shape index (κ2) is 4.75. The van der Waals surface area contributed by atoms with Crippen LogP contribution in [0, 0.1) is 5.41 Å². The number of carbonyl (C=O) groups excluding carboxylic acids is 1. The summed E-state index contributed by atoms with van der Waals surface area (Å²) in [5.74, 6) is 0.265. The van der Waals surface area contributed by atoms with E-state index in [9.17, 15) is 4.79 Å². The van der Waals surface area contributed by atoms with Crippen LogP contribution in [-0.4, -0.2) is 24.1 Å². The van der Waals surface area contributed by atoms with E-state index in [-0.39, 0.29) is 17.1 Å². The normalized spacial score (nSPS) is 18.6. The number of benzene rings is 1. The van der Waals surface area contributed by atoms with Crippen molar-refractivity contribution in [2.24, 2.45) is 5.41 Å². The van der Waals surface area contributed by atoms with E-state index in [1.165, 1.54) is 0 Å². The van der Waals surface area contributed by atoms with Crippen LogP contribution in [0.3, 0.4) is 0 Å². The first-order valence-electron chi connectivity index (χ1n) is 5.91. The molecule has 4 heteroatoms. The summed E-state index contributed by atoms with van der Waals surface area (Å²) in [5.41, 5.74) is 0.441. The van der Waals surface area contributed by atoms with Gasteiger partial charge in [0.15, 0.2) is 0 Å². The molecule has 0 bridgehead atoms. The Balaban J connectivity index is 2.03. The lowest BCUT2D eigenvalue weighted by Crippen LogP contribution is -2.42. The molecule has 0 atom stereocenters. The van der Waals surface area contributed by atoms with Crippen LogP contribution in [0.25, 0.3) is 0 Å². The number of piperidine rings is 1. The Morgan fingerprint density at radius 1 is 1.29 bits per heavy atom. The summed E-state index contributed by atoms with van der Waals surface area (Å²) >= 11 is 0. The molecule has 0 unspecified atom stereocenters. The van der Waals surface area contributed by atoms with Crippen molar-refractivity contribution < 1.29 is 9.90 Å². The second-order valence-electron chi connectivity index (χ2n) is 4.81. The maximum atomic E-state index is 12.2. The van der Waals surface area contributed by atoms with E-state index in [0.717, 1.165) is 31.6 Å². The molecule has 3 N–H and O–H groups in total. The Morgan fingerprint density at radius 3 is 2.47 bits per heavy atom. The molecule has 0 aromatic heterocycles. The number of amides is 1. The molecule has 1 amide bonds. The number of hydrogen-bond donors (Lipinski definition) is 3. The van der Waals surface area contributed by atoms with Gasteiger partial charge in [0.25, 0.3) is 0 Å². The Kier molecular flexibility index (Phi) is 3.33. The molecule has 92 valence electrons. The lowest BCUT2D eigenvalue weighted by Gasteiger charge is -2.32. The van der Waals surface area contributed by atoms with Crippen molar-refractivity contribution in [3.63, 3.8) is 0 Å². The summed E-state index contributed by atoms with van der Waals surface area (Å²) in [5, 5.41) is 15.3. The Labute approximate surface area is 101 Å². The van der Waals surface area contributed by atoms with Crippen molar-refractivity contribution in [1.29, 1.82) is 0 Å². The van der Waals surface area contributed by atoms with Gasteiger partial charge in [0.2, 0.25) is 5.91 Å². The molecule has 1 aliphatic rings. The van der Waals surface area contributed by atoms with Crippen LogP contribution < -0.4 is 10.6 Å². The van der Waals surface area contributed by atoms with Crippen molar-refractivity contribution >= 4 is 11.6 Å². The topological polar surface area (TPSA) is 61.4 Å². The molecule has 1 aromatic rings. The summed E-state index contributed by atoms with van der Waals surface area (Å²) in [6.45, 7) is 3.78. The van der Waals surface area contributed by atoms with Crippen LogP contribution in [0.4, 0.5) is 5.69 Å². The molecule has 4 nitrogen and oxygen atoms in total. The third-order valence-corrected chi connectivity index (χ3v) is 3.38. The van der Waals surface area contributed by atoms with E-state index in [2.05, 4.69) is 10.6 Å². The maximum absolute atomic E-state index is 12.2. The van der Waals surface area contributed by atoms with E-state index in [1.807, 2.05) is 6.92 Å². The standard InChI is InChI=1S/C13H18N2O2/c1-13(6-8-14-9-7-13)12(17)15-10-2-4-11(16)5-3-10/h2-5,14,16H,6-9H2,1H3,(H,15,17). The number of phenols is 1. The van der Waals surface area contributed by atoms with E-state index in [4.69, 9.17) is 5.11 Å². The second-order valence-corrected chi connectivity index (χ2v) is 4.81. The predicted octanol–water partition coefficient (Wildman–Crippen LogP) is 1.72. The molecule has 1 fully saturated rings. The van der Waals surface area contributed by atoms with Gasteiger partial charge in [-0.25, -0.2) is 0 Å². The molecule has 1 saturated heterocycles. The van der Waals surface area contributed by atoms with Gasteiger partial charge < -0.3 is 15.7 Å². The molecular weight excluding hydrogens is 216 g/mol. The number of aromatic hydroxyl groups is 1. The molecule has 2 rings (SSSR count). The van der Waals surface area contributed by atoms with Gasteiger partial charge in [0, 0.05) is 11.1 Å². The highest BCUT2D eigenvalue weighted by Gasteiger charge is 2.34. The van der Waals surface area contributed by atoms with E-state index < -0.39 is 0 Å². The molecule has 1 aromatic carbocycles. The third kappa shape index (κ3) is 2.77. The summed E-state index contributed by atoms with van der Waals surface area (Å²) in [6.07, 6.45) is 1.72. The van der Waals surface area contributed by atoms with Gasteiger partial charge in [-0.05, 0) is 50.2 Å². The maximum Gasteiger partial charge on any atom is 0.230 e. The van der Waals surface area contributed by atoms with E-state index in [0.29, 0.717) is 0 Å². The average molecular weight is 234 g/mol. The molecule has 1 heterocycles. The first kappa shape index (κ1) is 11.9. The Morgan fingerprint density at radius 2 is 1.88 bits per heavy atom. The Bertz CT molecular complexity index is 394. The fourth-order valence-corrected chi connectivity index (χ4v) is 2.03. The first-order valence-corrected chi connectivity index (χ1v) is 5.91. The predicted molar refractivity (Wildman–Crippen MR) is 66.9 cm³/mol. The number of rotatable bonds is 2. The highest BCUT2D eigenvalue weighted by molar-refractivity contribution is 5.95. The van der Waals surface area contributed by atoms with Crippen LogP contribution >= 0.6 is 0 Å². The monoisotopic (exact) mass is 234 g/mol. The quantitative estimate of drug-likeness (QED) is 0.683. The van der Waals surface area contributed by atoms with Crippen molar-refractivity contribution in [3.05, 3.63) is 24.3 Å². The zero-order valence-electron chi connectivity index (χ0n) is 9.99. The minimum Gasteiger partial charge on any atom is -0.508 e. The first-order chi connectivity index (χ1) is 8.10. The van der Waals surface area contributed by atoms with E-state index in [1.54, 1.807) is 24.3 Å². The fraction of sp³-hybridized carbons (Fsp3) is 0.462. The van der Waals surface area contributed by atoms with Crippen molar-refractivity contribution in [1.82, 2.24) is 5.32 Å². The number of nitrogens with one attached hydrogen (secondary N) is 2. The summed E-state index contributed by atoms with van der Waals surface area (Å²) in [7, 11) is 0.